The third kappa shape index (κ3) is 3.39. The molecule has 0 bridgehead atoms. The molecule has 20 heavy (non-hydrogen) atoms. The van der Waals surface area contributed by atoms with Gasteiger partial charge in [-0.25, -0.2) is 9.78 Å². The van der Waals surface area contributed by atoms with Crippen molar-refractivity contribution in [1.82, 2.24) is 4.98 Å². The molecule has 3 nitrogen and oxygen atoms in total. The van der Waals surface area contributed by atoms with Gasteiger partial charge >= 0.3 is 11.9 Å². The van der Waals surface area contributed by atoms with Gasteiger partial charge in [0, 0.05) is 0 Å². The molecule has 1 aromatic heterocycles. The number of rotatable bonds is 4. The maximum atomic E-state index is 13.9. The highest BCUT2D eigenvalue weighted by Gasteiger charge is 2.44. The van der Waals surface area contributed by atoms with Crippen molar-refractivity contribution >= 4 is 21.9 Å². The highest BCUT2D eigenvalue weighted by atomic mass is 79.9. The summed E-state index contributed by atoms with van der Waals surface area (Å²) in [6.45, 7) is -0.205. The van der Waals surface area contributed by atoms with Gasteiger partial charge in [0.25, 0.3) is 0 Å². The molecule has 0 atom stereocenters. The van der Waals surface area contributed by atoms with Crippen LogP contribution in [0.4, 0.5) is 8.78 Å². The predicted octanol–water partition coefficient (Wildman–Crippen LogP) is 3.68. The lowest BCUT2D eigenvalue weighted by Crippen LogP contribution is -2.29. The first-order valence-electron chi connectivity index (χ1n) is 5.72. The van der Waals surface area contributed by atoms with Crippen LogP contribution in [0.1, 0.15) is 11.3 Å². The van der Waals surface area contributed by atoms with Crippen molar-refractivity contribution in [3.8, 4) is 0 Å². The zero-order valence-electron chi connectivity index (χ0n) is 10.2. The van der Waals surface area contributed by atoms with E-state index in [1.165, 1.54) is 12.1 Å². The number of esters is 1. The molecule has 0 fully saturated rings. The summed E-state index contributed by atoms with van der Waals surface area (Å²) in [5.74, 6) is -5.40. The molecule has 0 N–H and O–H groups in total. The van der Waals surface area contributed by atoms with Gasteiger partial charge in [0.1, 0.15) is 16.9 Å². The highest BCUT2D eigenvalue weighted by molar-refractivity contribution is 9.10. The van der Waals surface area contributed by atoms with E-state index in [4.69, 9.17) is 0 Å². The van der Waals surface area contributed by atoms with Crippen molar-refractivity contribution in [3.63, 3.8) is 0 Å². The van der Waals surface area contributed by atoms with E-state index >= 15 is 0 Å². The topological polar surface area (TPSA) is 39.2 Å². The average Bonchev–Trinajstić information content (AvgIpc) is 2.45. The third-order valence-electron chi connectivity index (χ3n) is 2.51. The molecule has 0 spiro atoms. The van der Waals surface area contributed by atoms with Gasteiger partial charge in [0.2, 0.25) is 0 Å². The number of benzene rings is 1. The lowest BCUT2D eigenvalue weighted by atomic mass is 10.2. The van der Waals surface area contributed by atoms with Crippen LogP contribution in [0.3, 0.4) is 0 Å². The van der Waals surface area contributed by atoms with Crippen molar-refractivity contribution in [3.05, 3.63) is 64.4 Å². The zero-order valence-corrected chi connectivity index (χ0v) is 11.8. The van der Waals surface area contributed by atoms with E-state index in [1.54, 1.807) is 30.3 Å². The number of ether oxygens (including phenoxy) is 1. The molecule has 104 valence electrons. The minimum absolute atomic E-state index is 0.205. The molecule has 2 rings (SSSR count). The molecule has 0 saturated heterocycles. The third-order valence-corrected chi connectivity index (χ3v) is 2.95. The molecule has 6 heteroatoms. The smallest absolute Gasteiger partial charge is 0.384 e. The number of aromatic nitrogens is 1. The van der Waals surface area contributed by atoms with Crippen LogP contribution in [0.5, 0.6) is 0 Å². The molecule has 0 aliphatic heterocycles. The number of pyridine rings is 1. The molecular weight excluding hydrogens is 332 g/mol. The first kappa shape index (κ1) is 14.6. The Labute approximate surface area is 122 Å². The second-order valence-electron chi connectivity index (χ2n) is 3.98. The largest absolute Gasteiger partial charge is 0.456 e. The highest BCUT2D eigenvalue weighted by Crippen LogP contribution is 2.29. The second kappa shape index (κ2) is 6.09. The van der Waals surface area contributed by atoms with Crippen LogP contribution in [-0.4, -0.2) is 11.0 Å². The molecule has 0 amide bonds. The Morgan fingerprint density at radius 2 is 1.85 bits per heavy atom. The Morgan fingerprint density at radius 3 is 2.50 bits per heavy atom. The fourth-order valence-corrected chi connectivity index (χ4v) is 1.85. The van der Waals surface area contributed by atoms with E-state index in [0.717, 1.165) is 6.07 Å². The molecule has 2 aromatic rings. The number of carbonyl (C=O) groups excluding carboxylic acids is 1. The fraction of sp³-hybridized carbons (Fsp3) is 0.143. The van der Waals surface area contributed by atoms with E-state index in [9.17, 15) is 13.6 Å². The fourth-order valence-electron chi connectivity index (χ4n) is 1.50. The van der Waals surface area contributed by atoms with E-state index in [-0.39, 0.29) is 11.2 Å². The summed E-state index contributed by atoms with van der Waals surface area (Å²) >= 11 is 2.98. The lowest BCUT2D eigenvalue weighted by molar-refractivity contribution is -0.175. The Hall–Kier alpha value is -1.82. The van der Waals surface area contributed by atoms with Crippen molar-refractivity contribution in [2.45, 2.75) is 12.5 Å². The van der Waals surface area contributed by atoms with Crippen LogP contribution >= 0.6 is 15.9 Å². The van der Waals surface area contributed by atoms with Crippen LogP contribution in [0.15, 0.2) is 53.1 Å². The summed E-state index contributed by atoms with van der Waals surface area (Å²) < 4.78 is 32.6. The van der Waals surface area contributed by atoms with E-state index < -0.39 is 17.6 Å². The van der Waals surface area contributed by atoms with E-state index in [2.05, 4.69) is 25.7 Å². The Morgan fingerprint density at radius 1 is 1.15 bits per heavy atom. The Bertz CT molecular complexity index is 605. The van der Waals surface area contributed by atoms with Crippen LogP contribution in [0.25, 0.3) is 0 Å². The van der Waals surface area contributed by atoms with E-state index in [1.807, 2.05) is 0 Å². The molecule has 0 aliphatic rings. The molecule has 0 saturated carbocycles. The van der Waals surface area contributed by atoms with Gasteiger partial charge in [0.05, 0.1) is 0 Å². The van der Waals surface area contributed by atoms with Gasteiger partial charge in [-0.05, 0) is 33.6 Å². The molecule has 0 unspecified atom stereocenters. The molecule has 1 heterocycles. The normalized spacial score (nSPS) is 11.2. The number of nitrogens with zero attached hydrogens (tertiary/aromatic N) is 1. The summed E-state index contributed by atoms with van der Waals surface area (Å²) in [5, 5.41) is 0. The predicted molar refractivity (Wildman–Crippen MR) is 72.1 cm³/mol. The molecule has 0 radical (unpaired) electrons. The average molecular weight is 342 g/mol. The minimum atomic E-state index is -3.78. The number of alkyl halides is 2. The molecular formula is C14H10BrF2NO2. The SMILES string of the molecule is O=C(OCc1ccccc1)C(F)(F)c1cccc(Br)n1. The van der Waals surface area contributed by atoms with Gasteiger partial charge < -0.3 is 4.74 Å². The summed E-state index contributed by atoms with van der Waals surface area (Å²) in [5.41, 5.74) is -0.0104. The Kier molecular flexibility index (Phi) is 4.44. The van der Waals surface area contributed by atoms with Crippen LogP contribution in [0.2, 0.25) is 0 Å². The second-order valence-corrected chi connectivity index (χ2v) is 4.79. The van der Waals surface area contributed by atoms with Crippen molar-refractivity contribution in [2.75, 3.05) is 0 Å². The van der Waals surface area contributed by atoms with Gasteiger partial charge in [0.15, 0.2) is 0 Å². The quantitative estimate of drug-likeness (QED) is 0.629. The standard InChI is InChI=1S/C14H10BrF2NO2/c15-12-8-4-7-11(18-12)14(16,17)13(19)20-9-10-5-2-1-3-6-10/h1-8H,9H2. The van der Waals surface area contributed by atoms with Crippen molar-refractivity contribution < 1.29 is 18.3 Å². The van der Waals surface area contributed by atoms with E-state index in [0.29, 0.717) is 5.56 Å². The lowest BCUT2D eigenvalue weighted by Gasteiger charge is -2.14. The number of hydrogen-bond acceptors (Lipinski definition) is 3. The molecule has 1 aromatic carbocycles. The maximum Gasteiger partial charge on any atom is 0.384 e. The van der Waals surface area contributed by atoms with Gasteiger partial charge in [-0.1, -0.05) is 36.4 Å². The van der Waals surface area contributed by atoms with Crippen LogP contribution in [-0.2, 0) is 22.1 Å². The summed E-state index contributed by atoms with van der Waals surface area (Å²) in [7, 11) is 0. The zero-order chi connectivity index (χ0) is 14.6. The number of hydrogen-bond donors (Lipinski definition) is 0. The number of halogens is 3. The van der Waals surface area contributed by atoms with Crippen molar-refractivity contribution in [2.24, 2.45) is 0 Å². The minimum Gasteiger partial charge on any atom is -0.456 e. The van der Waals surface area contributed by atoms with Gasteiger partial charge in [-0.2, -0.15) is 8.78 Å². The van der Waals surface area contributed by atoms with Gasteiger partial charge in [-0.15, -0.1) is 0 Å². The summed E-state index contributed by atoms with van der Waals surface area (Å²) in [6, 6.07) is 12.6. The van der Waals surface area contributed by atoms with Crippen LogP contribution in [0, 0.1) is 0 Å². The number of carbonyl (C=O) groups is 1. The van der Waals surface area contributed by atoms with Gasteiger partial charge in [-0.3, -0.25) is 0 Å². The summed E-state index contributed by atoms with van der Waals surface area (Å²) in [4.78, 5) is 15.1. The Balaban J connectivity index is 2.07. The summed E-state index contributed by atoms with van der Waals surface area (Å²) in [6.07, 6.45) is 0. The molecule has 0 aliphatic carbocycles. The van der Waals surface area contributed by atoms with Crippen LogP contribution < -0.4 is 0 Å². The maximum absolute atomic E-state index is 13.9. The monoisotopic (exact) mass is 341 g/mol. The first-order valence-corrected chi connectivity index (χ1v) is 6.51. The van der Waals surface area contributed by atoms with Crippen molar-refractivity contribution in [1.29, 1.82) is 0 Å². The first-order chi connectivity index (χ1) is 9.50.